The van der Waals surface area contributed by atoms with E-state index in [9.17, 15) is 8.78 Å². The molecule has 1 fully saturated rings. The zero-order valence-electron chi connectivity index (χ0n) is 18.7. The van der Waals surface area contributed by atoms with E-state index in [1.807, 2.05) is 50.4 Å². The molecule has 1 atom stereocenters. The van der Waals surface area contributed by atoms with Crippen LogP contribution >= 0.6 is 24.0 Å². The van der Waals surface area contributed by atoms with Gasteiger partial charge in [0.05, 0.1) is 16.7 Å². The quantitative estimate of drug-likeness (QED) is 0.254. The summed E-state index contributed by atoms with van der Waals surface area (Å²) in [4.78, 5) is 11.5. The summed E-state index contributed by atoms with van der Waals surface area (Å²) in [7, 11) is 1.99. The van der Waals surface area contributed by atoms with Crippen LogP contribution in [0.4, 0.5) is 14.5 Å². The van der Waals surface area contributed by atoms with Gasteiger partial charge in [0.1, 0.15) is 18.1 Å². The second-order valence-corrected chi connectivity index (χ2v) is 7.69. The number of benzene rings is 2. The van der Waals surface area contributed by atoms with Crippen LogP contribution in [0.3, 0.4) is 0 Å². The van der Waals surface area contributed by atoms with Gasteiger partial charge in [0, 0.05) is 32.7 Å². The van der Waals surface area contributed by atoms with Crippen molar-refractivity contribution in [3.63, 3.8) is 0 Å². The van der Waals surface area contributed by atoms with Crippen LogP contribution in [0.15, 0.2) is 53.5 Å². The van der Waals surface area contributed by atoms with E-state index in [4.69, 9.17) is 9.73 Å². The van der Waals surface area contributed by atoms with Gasteiger partial charge in [-0.05, 0) is 37.6 Å². The van der Waals surface area contributed by atoms with E-state index in [0.717, 1.165) is 36.4 Å². The molecule has 7 nitrogen and oxygen atoms in total. The molecule has 0 amide bonds. The van der Waals surface area contributed by atoms with Gasteiger partial charge in [-0.15, -0.1) is 24.0 Å². The zero-order valence-corrected chi connectivity index (χ0v) is 21.0. The van der Waals surface area contributed by atoms with Crippen molar-refractivity contribution >= 4 is 46.7 Å². The lowest BCUT2D eigenvalue weighted by Gasteiger charge is -2.22. The molecule has 1 aromatic heterocycles. The minimum atomic E-state index is -2.84. The first-order chi connectivity index (χ1) is 15.5. The maximum atomic E-state index is 12.8. The molecule has 33 heavy (non-hydrogen) atoms. The van der Waals surface area contributed by atoms with E-state index < -0.39 is 6.61 Å². The molecule has 0 spiro atoms. The van der Waals surface area contributed by atoms with Gasteiger partial charge in [-0.25, -0.2) is 9.98 Å². The van der Waals surface area contributed by atoms with Crippen molar-refractivity contribution in [3.8, 4) is 5.75 Å². The molecule has 0 radical (unpaired) electrons. The SMILES string of the molecule is CCNC(=NCc1nc2ccccc2n1C)NC1CCN(c2ccccc2OC(F)F)C1.I. The van der Waals surface area contributed by atoms with Gasteiger partial charge in [0.25, 0.3) is 0 Å². The molecule has 1 aliphatic heterocycles. The normalized spacial score (nSPS) is 16.2. The summed E-state index contributed by atoms with van der Waals surface area (Å²) in [5.41, 5.74) is 2.71. The van der Waals surface area contributed by atoms with E-state index in [-0.39, 0.29) is 35.8 Å². The highest BCUT2D eigenvalue weighted by Crippen LogP contribution is 2.31. The number of nitrogens with zero attached hydrogens (tertiary/aromatic N) is 4. The minimum Gasteiger partial charge on any atom is -0.433 e. The van der Waals surface area contributed by atoms with E-state index in [2.05, 4.69) is 25.1 Å². The largest absolute Gasteiger partial charge is 0.433 e. The second kappa shape index (κ2) is 11.5. The number of rotatable bonds is 7. The summed E-state index contributed by atoms with van der Waals surface area (Å²) in [5, 5.41) is 6.76. The van der Waals surface area contributed by atoms with Crippen LogP contribution in [0.2, 0.25) is 0 Å². The van der Waals surface area contributed by atoms with Gasteiger partial charge in [0.2, 0.25) is 0 Å². The Morgan fingerprint density at radius 1 is 1.21 bits per heavy atom. The van der Waals surface area contributed by atoms with E-state index >= 15 is 0 Å². The number of ether oxygens (including phenoxy) is 1. The molecule has 1 aliphatic rings. The number of imidazole rings is 1. The van der Waals surface area contributed by atoms with Crippen LogP contribution < -0.4 is 20.3 Å². The first-order valence-corrected chi connectivity index (χ1v) is 10.8. The highest BCUT2D eigenvalue weighted by molar-refractivity contribution is 14.0. The molecular formula is C23H29F2IN6O. The summed E-state index contributed by atoms with van der Waals surface area (Å²) in [6.07, 6.45) is 0.861. The van der Waals surface area contributed by atoms with Gasteiger partial charge in [-0.2, -0.15) is 8.78 Å². The molecule has 178 valence electrons. The van der Waals surface area contributed by atoms with Gasteiger partial charge < -0.3 is 24.8 Å². The number of fused-ring (bicyclic) bond motifs is 1. The Morgan fingerprint density at radius 3 is 2.73 bits per heavy atom. The highest BCUT2D eigenvalue weighted by atomic mass is 127. The van der Waals surface area contributed by atoms with Crippen molar-refractivity contribution in [2.24, 2.45) is 12.0 Å². The minimum absolute atomic E-state index is 0. The lowest BCUT2D eigenvalue weighted by atomic mass is 10.2. The van der Waals surface area contributed by atoms with Gasteiger partial charge in [0.15, 0.2) is 5.96 Å². The molecule has 1 unspecified atom stereocenters. The number of para-hydroxylation sites is 4. The molecule has 0 saturated carbocycles. The van der Waals surface area contributed by atoms with Crippen molar-refractivity contribution in [2.75, 3.05) is 24.5 Å². The maximum absolute atomic E-state index is 12.8. The fourth-order valence-corrected chi connectivity index (χ4v) is 4.01. The van der Waals surface area contributed by atoms with Crippen molar-refractivity contribution in [2.45, 2.75) is 32.5 Å². The number of alkyl halides is 2. The van der Waals surface area contributed by atoms with Crippen molar-refractivity contribution in [1.29, 1.82) is 0 Å². The lowest BCUT2D eigenvalue weighted by molar-refractivity contribution is -0.0495. The Hall–Kier alpha value is -2.63. The molecular weight excluding hydrogens is 541 g/mol. The van der Waals surface area contributed by atoms with Crippen LogP contribution in [0, 0.1) is 0 Å². The molecule has 2 N–H and O–H groups in total. The zero-order chi connectivity index (χ0) is 22.5. The fourth-order valence-electron chi connectivity index (χ4n) is 4.01. The Bertz CT molecular complexity index is 1090. The Kier molecular flexibility index (Phi) is 8.70. The number of hydrogen-bond acceptors (Lipinski definition) is 4. The number of nitrogens with one attached hydrogen (secondary N) is 2. The van der Waals surface area contributed by atoms with Crippen LogP contribution in [0.1, 0.15) is 19.2 Å². The molecule has 2 aromatic carbocycles. The van der Waals surface area contributed by atoms with E-state index in [1.165, 1.54) is 0 Å². The third-order valence-corrected chi connectivity index (χ3v) is 5.55. The molecule has 10 heteroatoms. The third kappa shape index (κ3) is 6.04. The predicted molar refractivity (Wildman–Crippen MR) is 138 cm³/mol. The number of hydrogen-bond donors (Lipinski definition) is 2. The molecule has 0 aliphatic carbocycles. The number of halogens is 3. The maximum Gasteiger partial charge on any atom is 0.387 e. The van der Waals surface area contributed by atoms with Crippen LogP contribution in [0.5, 0.6) is 5.75 Å². The summed E-state index contributed by atoms with van der Waals surface area (Å²) in [5.74, 6) is 1.80. The second-order valence-electron chi connectivity index (χ2n) is 7.69. The number of aromatic nitrogens is 2. The fraction of sp³-hybridized carbons (Fsp3) is 0.391. The molecule has 1 saturated heterocycles. The third-order valence-electron chi connectivity index (χ3n) is 5.55. The smallest absolute Gasteiger partial charge is 0.387 e. The van der Waals surface area contributed by atoms with E-state index in [1.54, 1.807) is 12.1 Å². The topological polar surface area (TPSA) is 66.7 Å². The van der Waals surface area contributed by atoms with Gasteiger partial charge in [-0.3, -0.25) is 0 Å². The monoisotopic (exact) mass is 570 g/mol. The first-order valence-electron chi connectivity index (χ1n) is 10.8. The average molecular weight is 570 g/mol. The average Bonchev–Trinajstić information content (AvgIpc) is 3.37. The summed E-state index contributed by atoms with van der Waals surface area (Å²) in [6.45, 7) is 1.76. The number of anilines is 1. The van der Waals surface area contributed by atoms with Crippen LogP contribution in [-0.4, -0.2) is 47.8 Å². The molecule has 2 heterocycles. The summed E-state index contributed by atoms with van der Waals surface area (Å²) < 4.78 is 32.3. The number of guanidine groups is 1. The Morgan fingerprint density at radius 2 is 1.97 bits per heavy atom. The predicted octanol–water partition coefficient (Wildman–Crippen LogP) is 4.13. The first kappa shape index (κ1) is 25.0. The standard InChI is InChI=1S/C23H28F2N6O.HI/c1-3-26-23(27-14-21-29-17-8-4-5-9-18(17)30(21)2)28-16-12-13-31(15-16)19-10-6-7-11-20(19)32-22(24)25;/h4-11,16,22H,3,12-15H2,1-2H3,(H2,26,27,28);1H. The Labute approximate surface area is 209 Å². The van der Waals surface area contributed by atoms with E-state index in [0.29, 0.717) is 24.7 Å². The van der Waals surface area contributed by atoms with Crippen molar-refractivity contribution < 1.29 is 13.5 Å². The molecule has 4 rings (SSSR count). The number of aryl methyl sites for hydroxylation is 1. The summed E-state index contributed by atoms with van der Waals surface area (Å²) >= 11 is 0. The highest BCUT2D eigenvalue weighted by Gasteiger charge is 2.26. The number of aliphatic imine (C=N–C) groups is 1. The molecule has 0 bridgehead atoms. The van der Waals surface area contributed by atoms with Gasteiger partial charge >= 0.3 is 6.61 Å². The molecule has 3 aromatic rings. The van der Waals surface area contributed by atoms with Crippen molar-refractivity contribution in [1.82, 2.24) is 20.2 Å². The summed E-state index contributed by atoms with van der Waals surface area (Å²) in [6, 6.07) is 15.1. The van der Waals surface area contributed by atoms with Crippen LogP contribution in [0.25, 0.3) is 11.0 Å². The van der Waals surface area contributed by atoms with Gasteiger partial charge in [-0.1, -0.05) is 24.3 Å². The lowest BCUT2D eigenvalue weighted by Crippen LogP contribution is -2.44. The Balaban J connectivity index is 0.00000306. The van der Waals surface area contributed by atoms with Crippen molar-refractivity contribution in [3.05, 3.63) is 54.4 Å². The van der Waals surface area contributed by atoms with Crippen LogP contribution in [-0.2, 0) is 13.6 Å².